The maximum absolute atomic E-state index is 4.76. The first-order chi connectivity index (χ1) is 10.5. The topological polar surface area (TPSA) is 41.6 Å². The average molecular weight is 297 g/mol. The van der Waals surface area contributed by atoms with Crippen LogP contribution in [0.3, 0.4) is 0 Å². The summed E-state index contributed by atoms with van der Waals surface area (Å²) < 4.78 is 0. The van der Waals surface area contributed by atoms with Crippen molar-refractivity contribution in [1.29, 1.82) is 0 Å². The molecule has 1 fully saturated rings. The smallest absolute Gasteiger partial charge is 0.181 e. The standard InChI is InChI=1S/C19H27N3/c1-12-9-14(3)17(15(4)10-12)11-18-20-19(22-21-18)16-8-6-5-7-13(16)2/h5-8,12,14-15,17H,9-11H2,1-4H3,(H,20,21,22). The van der Waals surface area contributed by atoms with E-state index in [4.69, 9.17) is 4.98 Å². The minimum absolute atomic E-state index is 0.717. The van der Waals surface area contributed by atoms with Crippen LogP contribution in [-0.4, -0.2) is 15.2 Å². The third-order valence-electron chi connectivity index (χ3n) is 5.36. The molecule has 0 bridgehead atoms. The molecular weight excluding hydrogens is 270 g/mol. The number of aryl methyl sites for hydroxylation is 1. The maximum atomic E-state index is 4.76. The molecule has 0 amide bonds. The van der Waals surface area contributed by atoms with E-state index in [1.165, 1.54) is 18.4 Å². The van der Waals surface area contributed by atoms with Crippen LogP contribution in [0.2, 0.25) is 0 Å². The zero-order valence-electron chi connectivity index (χ0n) is 14.1. The molecule has 0 spiro atoms. The van der Waals surface area contributed by atoms with Gasteiger partial charge in [-0.2, -0.15) is 5.10 Å². The van der Waals surface area contributed by atoms with Crippen LogP contribution in [0.4, 0.5) is 0 Å². The molecule has 0 saturated heterocycles. The van der Waals surface area contributed by atoms with E-state index in [1.807, 2.05) is 6.07 Å². The monoisotopic (exact) mass is 297 g/mol. The van der Waals surface area contributed by atoms with E-state index < -0.39 is 0 Å². The molecule has 1 aliphatic carbocycles. The molecule has 3 heteroatoms. The van der Waals surface area contributed by atoms with Gasteiger partial charge in [0, 0.05) is 12.0 Å². The number of rotatable bonds is 3. The van der Waals surface area contributed by atoms with Crippen molar-refractivity contribution >= 4 is 0 Å². The molecule has 3 nitrogen and oxygen atoms in total. The van der Waals surface area contributed by atoms with Gasteiger partial charge in [-0.15, -0.1) is 0 Å². The van der Waals surface area contributed by atoms with Gasteiger partial charge < -0.3 is 0 Å². The summed E-state index contributed by atoms with van der Waals surface area (Å²) in [6, 6.07) is 8.30. The van der Waals surface area contributed by atoms with Gasteiger partial charge >= 0.3 is 0 Å². The van der Waals surface area contributed by atoms with Gasteiger partial charge in [-0.05, 0) is 49.0 Å². The molecule has 1 heterocycles. The van der Waals surface area contributed by atoms with Gasteiger partial charge in [-0.3, -0.25) is 5.10 Å². The molecule has 3 rings (SSSR count). The average Bonchev–Trinajstić information content (AvgIpc) is 2.92. The summed E-state index contributed by atoms with van der Waals surface area (Å²) in [7, 11) is 0. The number of nitrogens with zero attached hydrogens (tertiary/aromatic N) is 2. The Morgan fingerprint density at radius 3 is 2.45 bits per heavy atom. The zero-order chi connectivity index (χ0) is 15.7. The summed E-state index contributed by atoms with van der Waals surface area (Å²) in [5.41, 5.74) is 2.35. The lowest BCUT2D eigenvalue weighted by Gasteiger charge is -2.37. The summed E-state index contributed by atoms with van der Waals surface area (Å²) in [6.07, 6.45) is 3.70. The SMILES string of the molecule is Cc1ccccc1-c1n[nH]c(CC2C(C)CC(C)CC2C)n1. The van der Waals surface area contributed by atoms with E-state index >= 15 is 0 Å². The number of aromatic nitrogens is 3. The quantitative estimate of drug-likeness (QED) is 0.896. The van der Waals surface area contributed by atoms with E-state index in [2.05, 4.69) is 56.1 Å². The third kappa shape index (κ3) is 3.08. The van der Waals surface area contributed by atoms with Crippen molar-refractivity contribution in [2.75, 3.05) is 0 Å². The number of hydrogen-bond donors (Lipinski definition) is 1. The summed E-state index contributed by atoms with van der Waals surface area (Å²) in [5.74, 6) is 4.98. The van der Waals surface area contributed by atoms with Gasteiger partial charge in [0.05, 0.1) is 0 Å². The molecule has 1 aromatic carbocycles. The molecule has 2 aromatic rings. The molecule has 2 atom stereocenters. The first kappa shape index (κ1) is 15.3. The Morgan fingerprint density at radius 2 is 1.77 bits per heavy atom. The second-order valence-electron chi connectivity index (χ2n) is 7.32. The van der Waals surface area contributed by atoms with Gasteiger partial charge in [0.25, 0.3) is 0 Å². The van der Waals surface area contributed by atoms with Crippen LogP contribution in [0.5, 0.6) is 0 Å². The highest BCUT2D eigenvalue weighted by molar-refractivity contribution is 5.59. The van der Waals surface area contributed by atoms with E-state index in [1.54, 1.807) is 0 Å². The van der Waals surface area contributed by atoms with Crippen molar-refractivity contribution in [2.24, 2.45) is 23.7 Å². The van der Waals surface area contributed by atoms with Crippen LogP contribution < -0.4 is 0 Å². The molecule has 0 radical (unpaired) electrons. The number of nitrogens with one attached hydrogen (secondary N) is 1. The Labute approximate surface area is 133 Å². The molecule has 0 aliphatic heterocycles. The Balaban J connectivity index is 1.76. The van der Waals surface area contributed by atoms with E-state index in [-0.39, 0.29) is 0 Å². The fraction of sp³-hybridized carbons (Fsp3) is 0.579. The number of aromatic amines is 1. The Morgan fingerprint density at radius 1 is 1.09 bits per heavy atom. The molecule has 1 N–H and O–H groups in total. The lowest BCUT2D eigenvalue weighted by molar-refractivity contribution is 0.134. The molecule has 1 aromatic heterocycles. The highest BCUT2D eigenvalue weighted by atomic mass is 15.2. The van der Waals surface area contributed by atoms with Crippen molar-refractivity contribution in [3.63, 3.8) is 0 Å². The van der Waals surface area contributed by atoms with Crippen molar-refractivity contribution in [3.8, 4) is 11.4 Å². The van der Waals surface area contributed by atoms with Crippen LogP contribution >= 0.6 is 0 Å². The van der Waals surface area contributed by atoms with Gasteiger partial charge in [-0.1, -0.05) is 45.0 Å². The van der Waals surface area contributed by atoms with Gasteiger partial charge in [-0.25, -0.2) is 4.98 Å². The molecule has 2 unspecified atom stereocenters. The van der Waals surface area contributed by atoms with Crippen molar-refractivity contribution in [3.05, 3.63) is 35.7 Å². The summed E-state index contributed by atoms with van der Waals surface area (Å²) >= 11 is 0. The van der Waals surface area contributed by atoms with Crippen LogP contribution in [-0.2, 0) is 6.42 Å². The minimum atomic E-state index is 0.717. The van der Waals surface area contributed by atoms with Gasteiger partial charge in [0.15, 0.2) is 5.82 Å². The van der Waals surface area contributed by atoms with E-state index in [0.29, 0.717) is 5.92 Å². The second kappa shape index (κ2) is 6.23. The predicted molar refractivity (Wildman–Crippen MR) is 90.5 cm³/mol. The van der Waals surface area contributed by atoms with E-state index in [0.717, 1.165) is 41.4 Å². The summed E-state index contributed by atoms with van der Waals surface area (Å²) in [6.45, 7) is 9.29. The first-order valence-electron chi connectivity index (χ1n) is 8.52. The highest BCUT2D eigenvalue weighted by Crippen LogP contribution is 2.39. The van der Waals surface area contributed by atoms with Crippen molar-refractivity contribution in [2.45, 2.75) is 47.0 Å². The number of H-pyrrole nitrogens is 1. The molecular formula is C19H27N3. The Hall–Kier alpha value is -1.64. The van der Waals surface area contributed by atoms with Crippen molar-refractivity contribution in [1.82, 2.24) is 15.2 Å². The number of benzene rings is 1. The van der Waals surface area contributed by atoms with Crippen LogP contribution in [0.1, 0.15) is 45.0 Å². The minimum Gasteiger partial charge on any atom is -0.263 e. The molecule has 118 valence electrons. The third-order valence-corrected chi connectivity index (χ3v) is 5.36. The first-order valence-corrected chi connectivity index (χ1v) is 8.52. The fourth-order valence-electron chi connectivity index (χ4n) is 4.23. The second-order valence-corrected chi connectivity index (χ2v) is 7.32. The molecule has 1 saturated carbocycles. The normalized spacial score (nSPS) is 28.7. The van der Waals surface area contributed by atoms with Gasteiger partial charge in [0.2, 0.25) is 0 Å². The Kier molecular flexibility index (Phi) is 4.32. The predicted octanol–water partition coefficient (Wildman–Crippen LogP) is 4.64. The Bertz CT molecular complexity index is 619. The molecule has 22 heavy (non-hydrogen) atoms. The lowest BCUT2D eigenvalue weighted by Crippen LogP contribution is -2.30. The summed E-state index contributed by atoms with van der Waals surface area (Å²) in [5, 5.41) is 7.61. The summed E-state index contributed by atoms with van der Waals surface area (Å²) in [4.78, 5) is 4.76. The number of hydrogen-bond acceptors (Lipinski definition) is 2. The largest absolute Gasteiger partial charge is 0.263 e. The van der Waals surface area contributed by atoms with Gasteiger partial charge in [0.1, 0.15) is 5.82 Å². The highest BCUT2D eigenvalue weighted by Gasteiger charge is 2.32. The zero-order valence-corrected chi connectivity index (χ0v) is 14.1. The lowest BCUT2D eigenvalue weighted by atomic mass is 9.68. The van der Waals surface area contributed by atoms with Crippen LogP contribution in [0, 0.1) is 30.6 Å². The van der Waals surface area contributed by atoms with Crippen LogP contribution in [0.25, 0.3) is 11.4 Å². The fourth-order valence-corrected chi connectivity index (χ4v) is 4.23. The van der Waals surface area contributed by atoms with Crippen molar-refractivity contribution < 1.29 is 0 Å². The van der Waals surface area contributed by atoms with Crippen LogP contribution in [0.15, 0.2) is 24.3 Å². The molecule has 1 aliphatic rings. The van der Waals surface area contributed by atoms with E-state index in [9.17, 15) is 0 Å². The maximum Gasteiger partial charge on any atom is 0.181 e.